The lowest BCUT2D eigenvalue weighted by Crippen LogP contribution is -2.22. The van der Waals surface area contributed by atoms with Crippen molar-refractivity contribution in [2.75, 3.05) is 6.61 Å². The Hall–Kier alpha value is -2.18. The topological polar surface area (TPSA) is 51.2 Å². The van der Waals surface area contributed by atoms with Gasteiger partial charge in [0.15, 0.2) is 0 Å². The van der Waals surface area contributed by atoms with E-state index in [2.05, 4.69) is 23.3 Å². The maximum absolute atomic E-state index is 12.4. The van der Waals surface area contributed by atoms with Gasteiger partial charge in [-0.25, -0.2) is 4.98 Å². The van der Waals surface area contributed by atoms with Crippen molar-refractivity contribution in [3.05, 3.63) is 57.9 Å². The molecule has 0 aliphatic rings. The molecule has 0 radical (unpaired) electrons. The minimum absolute atomic E-state index is 0.0874. The van der Waals surface area contributed by atoms with Gasteiger partial charge in [-0.15, -0.1) is 22.7 Å². The van der Waals surface area contributed by atoms with Crippen molar-refractivity contribution in [1.82, 2.24) is 10.3 Å². The number of rotatable bonds is 8. The highest BCUT2D eigenvalue weighted by Gasteiger charge is 2.12. The minimum atomic E-state index is -0.0874. The van der Waals surface area contributed by atoms with Crippen molar-refractivity contribution >= 4 is 28.6 Å². The number of carbonyl (C=O) groups excluding carboxylic acids is 1. The average molecular weight is 387 g/mol. The van der Waals surface area contributed by atoms with Crippen LogP contribution in [0.2, 0.25) is 0 Å². The summed E-state index contributed by atoms with van der Waals surface area (Å²) in [4.78, 5) is 19.2. The molecule has 0 aliphatic heterocycles. The molecule has 2 heterocycles. The summed E-state index contributed by atoms with van der Waals surface area (Å²) in [5.41, 5.74) is 1.60. The van der Waals surface area contributed by atoms with Crippen molar-refractivity contribution in [2.45, 2.75) is 33.2 Å². The molecule has 0 unspecified atom stereocenters. The van der Waals surface area contributed by atoms with E-state index in [1.165, 1.54) is 0 Å². The third kappa shape index (κ3) is 4.71. The number of unbranched alkanes of at least 4 members (excludes halogenated alkanes) is 1. The number of hydrogen-bond acceptors (Lipinski definition) is 5. The molecule has 0 atom stereocenters. The van der Waals surface area contributed by atoms with E-state index >= 15 is 0 Å². The minimum Gasteiger partial charge on any atom is -0.494 e. The quantitative estimate of drug-likeness (QED) is 0.535. The molecule has 0 spiro atoms. The molecule has 0 bridgehead atoms. The van der Waals surface area contributed by atoms with E-state index in [0.29, 0.717) is 18.7 Å². The van der Waals surface area contributed by atoms with Gasteiger partial charge < -0.3 is 10.1 Å². The SMILES string of the molecule is CCCCOc1ccc(C(=O)NCc2sc(-c3cccs3)nc2C)cc1. The van der Waals surface area contributed by atoms with Crippen LogP contribution in [0.25, 0.3) is 9.88 Å². The molecule has 1 aromatic carbocycles. The van der Waals surface area contributed by atoms with Gasteiger partial charge in [-0.2, -0.15) is 0 Å². The van der Waals surface area contributed by atoms with Crippen LogP contribution in [0.3, 0.4) is 0 Å². The number of nitrogens with zero attached hydrogens (tertiary/aromatic N) is 1. The van der Waals surface area contributed by atoms with Crippen molar-refractivity contribution in [3.8, 4) is 15.6 Å². The lowest BCUT2D eigenvalue weighted by molar-refractivity contribution is 0.0951. The van der Waals surface area contributed by atoms with Gasteiger partial charge in [0.2, 0.25) is 0 Å². The van der Waals surface area contributed by atoms with E-state index in [-0.39, 0.29) is 5.91 Å². The Morgan fingerprint density at radius 1 is 1.23 bits per heavy atom. The average Bonchev–Trinajstić information content (AvgIpc) is 3.30. The number of thiophene rings is 1. The fourth-order valence-electron chi connectivity index (χ4n) is 2.40. The van der Waals surface area contributed by atoms with E-state index < -0.39 is 0 Å². The molecule has 6 heteroatoms. The van der Waals surface area contributed by atoms with Gasteiger partial charge in [0.25, 0.3) is 5.91 Å². The number of thiazole rings is 1. The number of amides is 1. The molecule has 4 nitrogen and oxygen atoms in total. The molecule has 3 aromatic rings. The van der Waals surface area contributed by atoms with Crippen LogP contribution in [-0.2, 0) is 6.54 Å². The van der Waals surface area contributed by atoms with E-state index in [1.54, 1.807) is 34.8 Å². The Balaban J connectivity index is 1.57. The maximum atomic E-state index is 12.4. The largest absolute Gasteiger partial charge is 0.494 e. The maximum Gasteiger partial charge on any atom is 0.251 e. The molecule has 1 amide bonds. The molecular weight excluding hydrogens is 364 g/mol. The summed E-state index contributed by atoms with van der Waals surface area (Å²) in [7, 11) is 0. The van der Waals surface area contributed by atoms with E-state index in [9.17, 15) is 4.79 Å². The first-order valence-corrected chi connectivity index (χ1v) is 10.4. The number of ether oxygens (including phenoxy) is 1. The van der Waals surface area contributed by atoms with Crippen molar-refractivity contribution in [2.24, 2.45) is 0 Å². The highest BCUT2D eigenvalue weighted by Crippen LogP contribution is 2.31. The number of aromatic nitrogens is 1. The second-order valence-corrected chi connectivity index (χ2v) is 7.95. The lowest BCUT2D eigenvalue weighted by atomic mass is 10.2. The molecule has 0 fully saturated rings. The van der Waals surface area contributed by atoms with Crippen molar-refractivity contribution in [1.29, 1.82) is 0 Å². The van der Waals surface area contributed by atoms with Gasteiger partial charge in [-0.05, 0) is 49.1 Å². The Bertz CT molecular complexity index is 839. The fourth-order valence-corrected chi connectivity index (χ4v) is 4.20. The smallest absolute Gasteiger partial charge is 0.251 e. The van der Waals surface area contributed by atoms with Gasteiger partial charge >= 0.3 is 0 Å². The first-order valence-electron chi connectivity index (χ1n) is 8.68. The molecule has 2 aromatic heterocycles. The summed E-state index contributed by atoms with van der Waals surface area (Å²) in [5.74, 6) is 0.712. The Labute approximate surface area is 161 Å². The molecule has 0 saturated carbocycles. The van der Waals surface area contributed by atoms with Gasteiger partial charge in [0.1, 0.15) is 10.8 Å². The number of hydrogen-bond donors (Lipinski definition) is 1. The van der Waals surface area contributed by atoms with Crippen LogP contribution >= 0.6 is 22.7 Å². The van der Waals surface area contributed by atoms with Gasteiger partial charge in [-0.1, -0.05) is 19.4 Å². The summed E-state index contributed by atoms with van der Waals surface area (Å²) < 4.78 is 5.63. The van der Waals surface area contributed by atoms with E-state index in [1.807, 2.05) is 30.5 Å². The van der Waals surface area contributed by atoms with Gasteiger partial charge in [-0.3, -0.25) is 4.79 Å². The van der Waals surface area contributed by atoms with Gasteiger partial charge in [0, 0.05) is 10.4 Å². The third-order valence-electron chi connectivity index (χ3n) is 3.92. The highest BCUT2D eigenvalue weighted by atomic mass is 32.1. The Morgan fingerprint density at radius 3 is 2.73 bits per heavy atom. The molecule has 3 rings (SSSR count). The van der Waals surface area contributed by atoms with E-state index in [4.69, 9.17) is 4.74 Å². The standard InChI is InChI=1S/C20H22N2O2S2/c1-3-4-11-24-16-9-7-15(8-10-16)19(23)21-13-18-14(2)22-20(26-18)17-6-5-12-25-17/h5-10,12H,3-4,11,13H2,1-2H3,(H,21,23). The molecule has 136 valence electrons. The lowest BCUT2D eigenvalue weighted by Gasteiger charge is -2.07. The highest BCUT2D eigenvalue weighted by molar-refractivity contribution is 7.21. The number of benzene rings is 1. The first-order chi connectivity index (χ1) is 12.7. The molecule has 0 saturated heterocycles. The van der Waals surface area contributed by atoms with Crippen LogP contribution < -0.4 is 10.1 Å². The second kappa shape index (κ2) is 8.96. The molecular formula is C20H22N2O2S2. The molecule has 0 aliphatic carbocycles. The summed E-state index contributed by atoms with van der Waals surface area (Å²) in [5, 5.41) is 6.03. The summed E-state index contributed by atoms with van der Waals surface area (Å²) in [6.45, 7) is 5.31. The fraction of sp³-hybridized carbons (Fsp3) is 0.300. The first kappa shape index (κ1) is 18.6. The monoisotopic (exact) mass is 386 g/mol. The zero-order valence-electron chi connectivity index (χ0n) is 15.0. The van der Waals surface area contributed by atoms with Crippen LogP contribution in [0, 0.1) is 6.92 Å². The summed E-state index contributed by atoms with van der Waals surface area (Å²) in [6, 6.07) is 11.4. The summed E-state index contributed by atoms with van der Waals surface area (Å²) >= 11 is 3.31. The van der Waals surface area contributed by atoms with Crippen LogP contribution in [-0.4, -0.2) is 17.5 Å². The van der Waals surface area contributed by atoms with Crippen LogP contribution in [0.15, 0.2) is 41.8 Å². The number of aryl methyl sites for hydroxylation is 1. The summed E-state index contributed by atoms with van der Waals surface area (Å²) in [6.07, 6.45) is 2.13. The van der Waals surface area contributed by atoms with Crippen molar-refractivity contribution in [3.63, 3.8) is 0 Å². The zero-order valence-corrected chi connectivity index (χ0v) is 16.6. The zero-order chi connectivity index (χ0) is 18.4. The predicted octanol–water partition coefficient (Wildman–Crippen LogP) is 5.29. The van der Waals surface area contributed by atoms with Crippen LogP contribution in [0.5, 0.6) is 5.75 Å². The Kier molecular flexibility index (Phi) is 6.41. The number of carbonyl (C=O) groups is 1. The predicted molar refractivity (Wildman–Crippen MR) is 108 cm³/mol. The van der Waals surface area contributed by atoms with Crippen LogP contribution in [0.4, 0.5) is 0 Å². The van der Waals surface area contributed by atoms with Gasteiger partial charge in [0.05, 0.1) is 23.7 Å². The third-order valence-corrected chi connectivity index (χ3v) is 6.11. The molecule has 1 N–H and O–H groups in total. The normalized spacial score (nSPS) is 10.7. The van der Waals surface area contributed by atoms with Crippen LogP contribution in [0.1, 0.15) is 40.7 Å². The van der Waals surface area contributed by atoms with E-state index in [0.717, 1.165) is 39.0 Å². The molecule has 26 heavy (non-hydrogen) atoms. The number of nitrogens with one attached hydrogen (secondary N) is 1. The second-order valence-electron chi connectivity index (χ2n) is 5.91. The Morgan fingerprint density at radius 2 is 2.04 bits per heavy atom. The van der Waals surface area contributed by atoms with Crippen molar-refractivity contribution < 1.29 is 9.53 Å².